The Bertz CT molecular complexity index is 387. The molecule has 1 aromatic rings. The fourth-order valence-corrected chi connectivity index (χ4v) is 3.10. The fraction of sp³-hybridized carbons (Fsp3) is 0.647. The smallest absolute Gasteiger partial charge is 0.0230 e. The Hall–Kier alpha value is -0.860. The van der Waals surface area contributed by atoms with Gasteiger partial charge < -0.3 is 10.2 Å². The van der Waals surface area contributed by atoms with Crippen molar-refractivity contribution in [2.45, 2.75) is 51.7 Å². The van der Waals surface area contributed by atoms with E-state index in [0.29, 0.717) is 0 Å². The standard InChI is InChI=1S/C17H28N2/c1-14-7-6-10-17(11-14)18-12-15-8-4-5-9-16(15)13-19(2)3/h4-5,8-9,14,17-18H,6-7,10-13H2,1-3H3. The number of rotatable bonds is 5. The van der Waals surface area contributed by atoms with Crippen LogP contribution in [0.4, 0.5) is 0 Å². The molecule has 0 spiro atoms. The van der Waals surface area contributed by atoms with Crippen molar-refractivity contribution in [3.8, 4) is 0 Å². The first-order chi connectivity index (χ1) is 9.15. The average molecular weight is 260 g/mol. The molecule has 2 heteroatoms. The molecule has 2 unspecified atom stereocenters. The lowest BCUT2D eigenvalue weighted by Gasteiger charge is -2.28. The first-order valence-electron chi connectivity index (χ1n) is 7.60. The topological polar surface area (TPSA) is 15.3 Å². The normalized spacial score (nSPS) is 23.8. The third-order valence-corrected chi connectivity index (χ3v) is 4.12. The van der Waals surface area contributed by atoms with Crippen molar-refractivity contribution in [3.05, 3.63) is 35.4 Å². The summed E-state index contributed by atoms with van der Waals surface area (Å²) in [5, 5.41) is 3.76. The van der Waals surface area contributed by atoms with Crippen LogP contribution >= 0.6 is 0 Å². The average Bonchev–Trinajstić information content (AvgIpc) is 2.37. The minimum absolute atomic E-state index is 0.719. The highest BCUT2D eigenvalue weighted by atomic mass is 15.0. The van der Waals surface area contributed by atoms with Gasteiger partial charge >= 0.3 is 0 Å². The van der Waals surface area contributed by atoms with Crippen molar-refractivity contribution >= 4 is 0 Å². The van der Waals surface area contributed by atoms with E-state index in [4.69, 9.17) is 0 Å². The molecule has 1 N–H and O–H groups in total. The van der Waals surface area contributed by atoms with E-state index < -0.39 is 0 Å². The number of nitrogens with zero attached hydrogens (tertiary/aromatic N) is 1. The second kappa shape index (κ2) is 7.06. The summed E-state index contributed by atoms with van der Waals surface area (Å²) in [5.41, 5.74) is 2.90. The number of benzene rings is 1. The Kier molecular flexibility index (Phi) is 5.41. The van der Waals surface area contributed by atoms with Crippen molar-refractivity contribution < 1.29 is 0 Å². The summed E-state index contributed by atoms with van der Waals surface area (Å²) in [7, 11) is 4.26. The second-order valence-electron chi connectivity index (χ2n) is 6.36. The van der Waals surface area contributed by atoms with E-state index in [2.05, 4.69) is 55.5 Å². The fourth-order valence-electron chi connectivity index (χ4n) is 3.10. The summed E-state index contributed by atoms with van der Waals surface area (Å²) < 4.78 is 0. The molecule has 0 aromatic heterocycles. The van der Waals surface area contributed by atoms with E-state index in [0.717, 1.165) is 25.0 Å². The summed E-state index contributed by atoms with van der Waals surface area (Å²) in [6.45, 7) is 4.42. The van der Waals surface area contributed by atoms with Gasteiger partial charge in [0.25, 0.3) is 0 Å². The van der Waals surface area contributed by atoms with Crippen molar-refractivity contribution in [3.63, 3.8) is 0 Å². The van der Waals surface area contributed by atoms with Crippen LogP contribution in [0.25, 0.3) is 0 Å². The maximum absolute atomic E-state index is 3.76. The summed E-state index contributed by atoms with van der Waals surface area (Å²) >= 11 is 0. The van der Waals surface area contributed by atoms with E-state index in [1.165, 1.54) is 36.8 Å². The Balaban J connectivity index is 1.91. The van der Waals surface area contributed by atoms with Gasteiger partial charge in [0.15, 0.2) is 0 Å². The second-order valence-corrected chi connectivity index (χ2v) is 6.36. The number of hydrogen-bond donors (Lipinski definition) is 1. The van der Waals surface area contributed by atoms with Gasteiger partial charge in [-0.15, -0.1) is 0 Å². The first kappa shape index (κ1) is 14.5. The lowest BCUT2D eigenvalue weighted by atomic mass is 9.87. The Morgan fingerprint density at radius 2 is 1.89 bits per heavy atom. The van der Waals surface area contributed by atoms with Crippen molar-refractivity contribution in [1.82, 2.24) is 10.2 Å². The molecule has 0 bridgehead atoms. The summed E-state index contributed by atoms with van der Waals surface area (Å²) in [6, 6.07) is 9.53. The maximum atomic E-state index is 3.76. The van der Waals surface area contributed by atoms with Gasteiger partial charge in [-0.1, -0.05) is 44.0 Å². The molecule has 19 heavy (non-hydrogen) atoms. The molecule has 1 aliphatic rings. The molecule has 1 saturated carbocycles. The molecule has 0 radical (unpaired) electrons. The quantitative estimate of drug-likeness (QED) is 0.872. The van der Waals surface area contributed by atoms with Gasteiger partial charge in [-0.05, 0) is 44.0 Å². The predicted molar refractivity (Wildman–Crippen MR) is 82.1 cm³/mol. The lowest BCUT2D eigenvalue weighted by molar-refractivity contribution is 0.300. The van der Waals surface area contributed by atoms with Crippen LogP contribution in [-0.2, 0) is 13.1 Å². The van der Waals surface area contributed by atoms with E-state index in [-0.39, 0.29) is 0 Å². The van der Waals surface area contributed by atoms with Crippen LogP contribution in [0.2, 0.25) is 0 Å². The van der Waals surface area contributed by atoms with Crippen LogP contribution in [0.5, 0.6) is 0 Å². The molecular weight excluding hydrogens is 232 g/mol. The van der Waals surface area contributed by atoms with Crippen LogP contribution < -0.4 is 5.32 Å². The lowest BCUT2D eigenvalue weighted by Crippen LogP contribution is -2.33. The number of nitrogens with one attached hydrogen (secondary N) is 1. The summed E-state index contributed by atoms with van der Waals surface area (Å²) in [5.74, 6) is 0.892. The van der Waals surface area contributed by atoms with Gasteiger partial charge in [0.05, 0.1) is 0 Å². The Morgan fingerprint density at radius 1 is 1.16 bits per heavy atom. The molecule has 1 aliphatic carbocycles. The van der Waals surface area contributed by atoms with Crippen LogP contribution in [0.1, 0.15) is 43.7 Å². The third-order valence-electron chi connectivity index (χ3n) is 4.12. The van der Waals surface area contributed by atoms with Gasteiger partial charge in [0.2, 0.25) is 0 Å². The molecule has 2 rings (SSSR count). The molecule has 0 saturated heterocycles. The molecular formula is C17H28N2. The molecule has 106 valence electrons. The first-order valence-corrected chi connectivity index (χ1v) is 7.60. The van der Waals surface area contributed by atoms with E-state index in [1.807, 2.05) is 0 Å². The Morgan fingerprint density at radius 3 is 2.58 bits per heavy atom. The predicted octanol–water partition coefficient (Wildman–Crippen LogP) is 3.42. The highest BCUT2D eigenvalue weighted by molar-refractivity contribution is 5.27. The molecule has 2 atom stereocenters. The van der Waals surface area contributed by atoms with Crippen LogP contribution in [0.15, 0.2) is 24.3 Å². The van der Waals surface area contributed by atoms with Crippen molar-refractivity contribution in [2.75, 3.05) is 14.1 Å². The van der Waals surface area contributed by atoms with Crippen LogP contribution in [-0.4, -0.2) is 25.0 Å². The van der Waals surface area contributed by atoms with E-state index in [1.54, 1.807) is 0 Å². The van der Waals surface area contributed by atoms with Crippen LogP contribution in [0.3, 0.4) is 0 Å². The maximum Gasteiger partial charge on any atom is 0.0230 e. The molecule has 1 fully saturated rings. The van der Waals surface area contributed by atoms with Crippen molar-refractivity contribution in [1.29, 1.82) is 0 Å². The minimum Gasteiger partial charge on any atom is -0.310 e. The zero-order chi connectivity index (χ0) is 13.7. The summed E-state index contributed by atoms with van der Waals surface area (Å²) in [4.78, 5) is 2.24. The van der Waals surface area contributed by atoms with Crippen LogP contribution in [0, 0.1) is 5.92 Å². The largest absolute Gasteiger partial charge is 0.310 e. The zero-order valence-electron chi connectivity index (χ0n) is 12.7. The van der Waals surface area contributed by atoms with Gasteiger partial charge in [-0.3, -0.25) is 0 Å². The molecule has 0 aliphatic heterocycles. The zero-order valence-corrected chi connectivity index (χ0v) is 12.7. The molecule has 2 nitrogen and oxygen atoms in total. The monoisotopic (exact) mass is 260 g/mol. The van der Waals surface area contributed by atoms with Gasteiger partial charge in [-0.2, -0.15) is 0 Å². The highest BCUT2D eigenvalue weighted by Crippen LogP contribution is 2.24. The number of hydrogen-bond acceptors (Lipinski definition) is 2. The molecule has 0 amide bonds. The minimum atomic E-state index is 0.719. The SMILES string of the molecule is CC1CCCC(NCc2ccccc2CN(C)C)C1. The van der Waals surface area contributed by atoms with Gasteiger partial charge in [0.1, 0.15) is 0 Å². The van der Waals surface area contributed by atoms with Crippen molar-refractivity contribution in [2.24, 2.45) is 5.92 Å². The summed E-state index contributed by atoms with van der Waals surface area (Å²) in [6.07, 6.45) is 5.49. The molecule has 0 heterocycles. The van der Waals surface area contributed by atoms with Gasteiger partial charge in [0, 0.05) is 19.1 Å². The Labute approximate surface area is 118 Å². The highest BCUT2D eigenvalue weighted by Gasteiger charge is 2.18. The van der Waals surface area contributed by atoms with E-state index in [9.17, 15) is 0 Å². The third kappa shape index (κ3) is 4.63. The van der Waals surface area contributed by atoms with E-state index >= 15 is 0 Å². The van der Waals surface area contributed by atoms with Gasteiger partial charge in [-0.25, -0.2) is 0 Å². The molecule has 1 aromatic carbocycles.